The lowest BCUT2D eigenvalue weighted by Crippen LogP contribution is -2.67. The first kappa shape index (κ1) is 30.2. The molecule has 1 fully saturated rings. The Kier molecular flexibility index (Phi) is 10.2. The average molecular weight is 525 g/mol. The minimum Gasteiger partial charge on any atom is -0.518 e. The Labute approximate surface area is 200 Å². The van der Waals surface area contributed by atoms with Crippen LogP contribution < -0.4 is 0 Å². The van der Waals surface area contributed by atoms with Crippen LogP contribution in [0, 0.1) is 0 Å². The Hall–Kier alpha value is 0.138. The van der Waals surface area contributed by atoms with Crippen LogP contribution in [0.4, 0.5) is 0 Å². The Morgan fingerprint density at radius 1 is 0.656 bits per heavy atom. The van der Waals surface area contributed by atoms with E-state index >= 15 is 0 Å². The molecule has 0 aromatic rings. The van der Waals surface area contributed by atoms with Crippen molar-refractivity contribution in [3.63, 3.8) is 0 Å². The largest absolute Gasteiger partial charge is 0.518 e. The second-order valence-corrected chi connectivity index (χ2v) is 30.5. The van der Waals surface area contributed by atoms with E-state index in [4.69, 9.17) is 27.2 Å². The van der Waals surface area contributed by atoms with Crippen molar-refractivity contribution in [1.29, 1.82) is 0 Å². The summed E-state index contributed by atoms with van der Waals surface area (Å²) in [5, 5.41) is 0. The molecule has 5 atom stereocenters. The van der Waals surface area contributed by atoms with Crippen molar-refractivity contribution in [2.24, 2.45) is 0 Å². The van der Waals surface area contributed by atoms with Crippen molar-refractivity contribution in [1.82, 2.24) is 0 Å². The Bertz CT molecular complexity index is 618. The maximum atomic E-state index is 13.3. The molecule has 1 rings (SSSR count). The van der Waals surface area contributed by atoms with Crippen molar-refractivity contribution in [3.8, 4) is 0 Å². The first-order chi connectivity index (χ1) is 14.1. The molecule has 1 heterocycles. The lowest BCUT2D eigenvalue weighted by molar-refractivity contribution is -0.292. The SMILES string of the molecule is CC(C)OC1OC(C(=O)O[Si](C)(C)C)C(O[Si](C)(C)C)C(O[Si](C)(C)C)C1O[Si](C)(C)C. The number of rotatable bonds is 10. The highest BCUT2D eigenvalue weighted by Gasteiger charge is 2.55. The van der Waals surface area contributed by atoms with Crippen LogP contribution in [-0.4, -0.2) is 76.0 Å². The number of carbonyl (C=O) groups excluding carboxylic acids is 1. The lowest BCUT2D eigenvalue weighted by Gasteiger charge is -2.50. The van der Waals surface area contributed by atoms with Gasteiger partial charge >= 0.3 is 5.97 Å². The predicted octanol–water partition coefficient (Wildman–Crippen LogP) is 5.17. The molecular formula is C21H48O7Si4. The van der Waals surface area contributed by atoms with E-state index in [1.165, 1.54) is 0 Å². The fourth-order valence-electron chi connectivity index (χ4n) is 3.35. The van der Waals surface area contributed by atoms with Crippen molar-refractivity contribution in [3.05, 3.63) is 0 Å². The molecule has 7 nitrogen and oxygen atoms in total. The second-order valence-electron chi connectivity index (χ2n) is 12.7. The molecule has 1 aliphatic rings. The van der Waals surface area contributed by atoms with Crippen LogP contribution in [0.5, 0.6) is 0 Å². The van der Waals surface area contributed by atoms with Gasteiger partial charge in [0.2, 0.25) is 8.32 Å². The molecule has 0 radical (unpaired) electrons. The summed E-state index contributed by atoms with van der Waals surface area (Å²) >= 11 is 0. The van der Waals surface area contributed by atoms with Gasteiger partial charge in [-0.3, -0.25) is 4.79 Å². The van der Waals surface area contributed by atoms with Crippen LogP contribution in [-0.2, 0) is 32.0 Å². The maximum absolute atomic E-state index is 13.3. The van der Waals surface area contributed by atoms with Gasteiger partial charge in [0, 0.05) is 0 Å². The van der Waals surface area contributed by atoms with E-state index in [0.717, 1.165) is 0 Å². The Morgan fingerprint density at radius 2 is 1.06 bits per heavy atom. The minimum absolute atomic E-state index is 0.108. The second kappa shape index (κ2) is 10.8. The quantitative estimate of drug-likeness (QED) is 0.365. The van der Waals surface area contributed by atoms with Gasteiger partial charge in [0.05, 0.1) is 6.10 Å². The smallest absolute Gasteiger partial charge is 0.324 e. The summed E-state index contributed by atoms with van der Waals surface area (Å²) in [6, 6.07) is 0. The summed E-state index contributed by atoms with van der Waals surface area (Å²) in [4.78, 5) is 13.3. The molecule has 0 bridgehead atoms. The van der Waals surface area contributed by atoms with Gasteiger partial charge in [0.15, 0.2) is 37.3 Å². The van der Waals surface area contributed by atoms with Crippen LogP contribution in [0.2, 0.25) is 78.6 Å². The standard InChI is InChI=1S/C21H48O7Si4/c1-15(2)23-21-19(27-31(9,10)11)17(26-30(6,7)8)16(25-29(3,4)5)18(24-21)20(22)28-32(12,13)14/h15-19,21H,1-14H3. The third kappa shape index (κ3) is 11.0. The molecule has 0 aromatic carbocycles. The van der Waals surface area contributed by atoms with E-state index in [2.05, 4.69) is 58.9 Å². The minimum atomic E-state index is -2.14. The molecule has 11 heteroatoms. The predicted molar refractivity (Wildman–Crippen MR) is 139 cm³/mol. The van der Waals surface area contributed by atoms with Crippen LogP contribution in [0.3, 0.4) is 0 Å². The summed E-state index contributed by atoms with van der Waals surface area (Å²) in [6.45, 7) is 28.9. The van der Waals surface area contributed by atoms with E-state index in [-0.39, 0.29) is 6.10 Å². The van der Waals surface area contributed by atoms with E-state index in [0.29, 0.717) is 0 Å². The number of hydrogen-bond donors (Lipinski definition) is 0. The van der Waals surface area contributed by atoms with Crippen molar-refractivity contribution in [2.45, 2.75) is 129 Å². The molecule has 0 amide bonds. The number of ether oxygens (including phenoxy) is 2. The van der Waals surface area contributed by atoms with Crippen LogP contribution in [0.1, 0.15) is 13.8 Å². The summed E-state index contributed by atoms with van der Waals surface area (Å²) in [6.07, 6.45) is -3.39. The van der Waals surface area contributed by atoms with Gasteiger partial charge in [-0.15, -0.1) is 0 Å². The van der Waals surface area contributed by atoms with Gasteiger partial charge < -0.3 is 27.2 Å². The van der Waals surface area contributed by atoms with Crippen LogP contribution in [0.25, 0.3) is 0 Å². The molecule has 190 valence electrons. The van der Waals surface area contributed by atoms with Gasteiger partial charge in [-0.2, -0.15) is 0 Å². The summed E-state index contributed by atoms with van der Waals surface area (Å²) in [5.41, 5.74) is 0. The zero-order valence-electron chi connectivity index (χ0n) is 22.8. The van der Waals surface area contributed by atoms with Gasteiger partial charge in [0.25, 0.3) is 0 Å². The fraction of sp³-hybridized carbons (Fsp3) is 0.952. The van der Waals surface area contributed by atoms with E-state index < -0.39 is 69.9 Å². The topological polar surface area (TPSA) is 72.5 Å². The zero-order valence-corrected chi connectivity index (χ0v) is 26.8. The number of carbonyl (C=O) groups is 1. The van der Waals surface area contributed by atoms with E-state index in [1.54, 1.807) is 0 Å². The normalized spacial score (nSPS) is 28.2. The van der Waals surface area contributed by atoms with E-state index in [9.17, 15) is 4.79 Å². The molecule has 0 N–H and O–H groups in total. The van der Waals surface area contributed by atoms with Gasteiger partial charge in [-0.1, -0.05) is 0 Å². The van der Waals surface area contributed by atoms with E-state index in [1.807, 2.05) is 33.5 Å². The Morgan fingerprint density at radius 3 is 1.44 bits per heavy atom. The number of hydrogen-bond acceptors (Lipinski definition) is 7. The first-order valence-corrected chi connectivity index (χ1v) is 25.3. The first-order valence-electron chi connectivity index (χ1n) is 11.7. The van der Waals surface area contributed by atoms with Crippen LogP contribution in [0.15, 0.2) is 0 Å². The lowest BCUT2D eigenvalue weighted by atomic mass is 9.99. The third-order valence-corrected chi connectivity index (χ3v) is 7.76. The van der Waals surface area contributed by atoms with Gasteiger partial charge in [-0.05, 0) is 92.4 Å². The highest BCUT2D eigenvalue weighted by Crippen LogP contribution is 2.35. The summed E-state index contributed by atoms with van der Waals surface area (Å²) < 4.78 is 38.2. The average Bonchev–Trinajstić information content (AvgIpc) is 2.46. The monoisotopic (exact) mass is 524 g/mol. The molecule has 1 aliphatic heterocycles. The van der Waals surface area contributed by atoms with Gasteiger partial charge in [0.1, 0.15) is 18.3 Å². The zero-order chi connectivity index (χ0) is 25.3. The summed E-state index contributed by atoms with van der Waals surface area (Å²) in [7, 11) is -8.27. The Balaban J connectivity index is 3.57. The molecular weight excluding hydrogens is 477 g/mol. The molecule has 0 spiro atoms. The molecule has 32 heavy (non-hydrogen) atoms. The third-order valence-electron chi connectivity index (χ3n) is 4.01. The highest BCUT2D eigenvalue weighted by atomic mass is 28.4. The molecule has 0 aromatic heterocycles. The van der Waals surface area contributed by atoms with Crippen molar-refractivity contribution < 1.29 is 32.0 Å². The summed E-state index contributed by atoms with van der Waals surface area (Å²) in [5.74, 6) is -0.402. The molecule has 0 saturated carbocycles. The van der Waals surface area contributed by atoms with Crippen LogP contribution >= 0.6 is 0 Å². The highest BCUT2D eigenvalue weighted by molar-refractivity contribution is 6.71. The fourth-order valence-corrected chi connectivity index (χ4v) is 7.29. The molecule has 1 saturated heterocycles. The maximum Gasteiger partial charge on any atom is 0.324 e. The van der Waals surface area contributed by atoms with Gasteiger partial charge in [-0.25, -0.2) is 0 Å². The molecule has 5 unspecified atom stereocenters. The van der Waals surface area contributed by atoms with Crippen molar-refractivity contribution >= 4 is 39.2 Å². The molecule has 0 aliphatic carbocycles. The van der Waals surface area contributed by atoms with Crippen molar-refractivity contribution in [2.75, 3.05) is 0 Å².